The third kappa shape index (κ3) is 3.58. The van der Waals surface area contributed by atoms with Crippen molar-refractivity contribution in [3.8, 4) is 5.75 Å². The van der Waals surface area contributed by atoms with E-state index in [1.165, 1.54) is 13.8 Å². The van der Waals surface area contributed by atoms with Gasteiger partial charge in [0.15, 0.2) is 0 Å². The molecular weight excluding hydrogens is 296 g/mol. The molecule has 0 atom stereocenters. The zero-order valence-electron chi connectivity index (χ0n) is 11.8. The van der Waals surface area contributed by atoms with Crippen molar-refractivity contribution in [1.29, 1.82) is 0 Å². The van der Waals surface area contributed by atoms with E-state index in [1.807, 2.05) is 6.07 Å². The number of ether oxygens (including phenoxy) is 1. The maximum absolute atomic E-state index is 11.8. The maximum atomic E-state index is 11.8. The van der Waals surface area contributed by atoms with Crippen LogP contribution in [-0.4, -0.2) is 29.3 Å². The molecule has 0 saturated heterocycles. The molecule has 114 valence electrons. The predicted molar refractivity (Wildman–Crippen MR) is 77.7 cm³/mol. The van der Waals surface area contributed by atoms with Crippen molar-refractivity contribution in [3.05, 3.63) is 28.3 Å². The van der Waals surface area contributed by atoms with Crippen molar-refractivity contribution in [2.75, 3.05) is 6.61 Å². The Kier molecular flexibility index (Phi) is 4.27. The SMILES string of the molecule is CC(C)(NC(=O)NCc1cc(Cl)cc2c1OCC2)C(=O)O. The van der Waals surface area contributed by atoms with Crippen molar-refractivity contribution in [1.82, 2.24) is 10.6 Å². The van der Waals surface area contributed by atoms with E-state index in [0.29, 0.717) is 11.6 Å². The lowest BCUT2D eigenvalue weighted by Crippen LogP contribution is -2.53. The van der Waals surface area contributed by atoms with E-state index in [4.69, 9.17) is 21.4 Å². The lowest BCUT2D eigenvalue weighted by atomic mass is 10.1. The van der Waals surface area contributed by atoms with Crippen LogP contribution in [0.3, 0.4) is 0 Å². The van der Waals surface area contributed by atoms with E-state index in [1.54, 1.807) is 6.07 Å². The van der Waals surface area contributed by atoms with E-state index in [-0.39, 0.29) is 6.54 Å². The molecule has 0 aromatic heterocycles. The standard InChI is InChI=1S/C14H17ClN2O4/c1-14(2,12(18)19)17-13(20)16-7-9-6-10(15)5-8-3-4-21-11(8)9/h5-6H,3-4,7H2,1-2H3,(H,18,19)(H2,16,17,20). The summed E-state index contributed by atoms with van der Waals surface area (Å²) >= 11 is 6.03. The fourth-order valence-electron chi connectivity index (χ4n) is 2.03. The van der Waals surface area contributed by atoms with Gasteiger partial charge in [0.2, 0.25) is 0 Å². The Morgan fingerprint density at radius 1 is 1.43 bits per heavy atom. The number of carboxylic acid groups (broad SMARTS) is 1. The molecule has 2 rings (SSSR count). The van der Waals surface area contributed by atoms with E-state index < -0.39 is 17.5 Å². The normalized spacial score (nSPS) is 13.3. The fraction of sp³-hybridized carbons (Fsp3) is 0.429. The van der Waals surface area contributed by atoms with Gasteiger partial charge in [0.1, 0.15) is 11.3 Å². The molecule has 1 aromatic carbocycles. The number of nitrogens with one attached hydrogen (secondary N) is 2. The summed E-state index contributed by atoms with van der Waals surface area (Å²) in [4.78, 5) is 22.7. The summed E-state index contributed by atoms with van der Waals surface area (Å²) in [6.45, 7) is 3.63. The molecule has 0 radical (unpaired) electrons. The zero-order chi connectivity index (χ0) is 15.6. The Morgan fingerprint density at radius 2 is 2.14 bits per heavy atom. The summed E-state index contributed by atoms with van der Waals surface area (Å²) in [6.07, 6.45) is 0.793. The van der Waals surface area contributed by atoms with E-state index in [0.717, 1.165) is 23.3 Å². The number of halogens is 1. The first-order chi connectivity index (χ1) is 9.79. The highest BCUT2D eigenvalue weighted by Crippen LogP contribution is 2.32. The van der Waals surface area contributed by atoms with Crippen LogP contribution in [0.15, 0.2) is 12.1 Å². The fourth-order valence-corrected chi connectivity index (χ4v) is 2.30. The first kappa shape index (κ1) is 15.4. The molecule has 0 spiro atoms. The molecule has 3 N–H and O–H groups in total. The van der Waals surface area contributed by atoms with Crippen LogP contribution in [0.25, 0.3) is 0 Å². The summed E-state index contributed by atoms with van der Waals surface area (Å²) in [6, 6.07) is 3.02. The minimum absolute atomic E-state index is 0.213. The van der Waals surface area contributed by atoms with Crippen LogP contribution in [0.2, 0.25) is 5.02 Å². The molecular formula is C14H17ClN2O4. The molecule has 0 aliphatic carbocycles. The molecule has 1 aliphatic rings. The number of hydrogen-bond donors (Lipinski definition) is 3. The average molecular weight is 313 g/mol. The van der Waals surface area contributed by atoms with Gasteiger partial charge in [-0.3, -0.25) is 0 Å². The van der Waals surface area contributed by atoms with Crippen molar-refractivity contribution < 1.29 is 19.4 Å². The average Bonchev–Trinajstić information content (AvgIpc) is 2.83. The molecule has 1 aromatic rings. The topological polar surface area (TPSA) is 87.7 Å². The van der Waals surface area contributed by atoms with Crippen molar-refractivity contribution >= 4 is 23.6 Å². The van der Waals surface area contributed by atoms with Crippen LogP contribution in [0.1, 0.15) is 25.0 Å². The number of fused-ring (bicyclic) bond motifs is 1. The molecule has 6 nitrogen and oxygen atoms in total. The van der Waals surface area contributed by atoms with Gasteiger partial charge in [0, 0.05) is 23.6 Å². The number of carboxylic acids is 1. The first-order valence-corrected chi connectivity index (χ1v) is 6.91. The molecule has 1 heterocycles. The highest BCUT2D eigenvalue weighted by molar-refractivity contribution is 6.30. The Labute approximate surface area is 127 Å². The molecule has 0 bridgehead atoms. The number of benzene rings is 1. The zero-order valence-corrected chi connectivity index (χ0v) is 12.6. The van der Waals surface area contributed by atoms with Gasteiger partial charge in [-0.1, -0.05) is 11.6 Å². The number of carbonyl (C=O) groups excluding carboxylic acids is 1. The summed E-state index contributed by atoms with van der Waals surface area (Å²) in [7, 11) is 0. The van der Waals surface area contributed by atoms with Crippen LogP contribution in [-0.2, 0) is 17.8 Å². The number of aliphatic carboxylic acids is 1. The van der Waals surface area contributed by atoms with E-state index in [2.05, 4.69) is 10.6 Å². The van der Waals surface area contributed by atoms with Crippen LogP contribution >= 0.6 is 11.6 Å². The monoisotopic (exact) mass is 312 g/mol. The smallest absolute Gasteiger partial charge is 0.328 e. The quantitative estimate of drug-likeness (QED) is 0.793. The van der Waals surface area contributed by atoms with Gasteiger partial charge in [-0.05, 0) is 31.5 Å². The Hall–Kier alpha value is -1.95. The Morgan fingerprint density at radius 3 is 2.81 bits per heavy atom. The second-order valence-corrected chi connectivity index (χ2v) is 5.83. The minimum atomic E-state index is -1.34. The second-order valence-electron chi connectivity index (χ2n) is 5.39. The summed E-state index contributed by atoms with van der Waals surface area (Å²) in [5.74, 6) is -0.359. The maximum Gasteiger partial charge on any atom is 0.328 e. The Balaban J connectivity index is 2.01. The number of hydrogen-bond acceptors (Lipinski definition) is 3. The second kappa shape index (κ2) is 5.81. The third-order valence-corrected chi connectivity index (χ3v) is 3.44. The molecule has 2 amide bonds. The Bertz CT molecular complexity index is 587. The van der Waals surface area contributed by atoms with Crippen molar-refractivity contribution in [3.63, 3.8) is 0 Å². The van der Waals surface area contributed by atoms with Gasteiger partial charge in [-0.15, -0.1) is 0 Å². The molecule has 7 heteroatoms. The number of urea groups is 1. The van der Waals surface area contributed by atoms with Crippen LogP contribution in [0, 0.1) is 0 Å². The molecule has 21 heavy (non-hydrogen) atoms. The van der Waals surface area contributed by atoms with E-state index in [9.17, 15) is 9.59 Å². The summed E-state index contributed by atoms with van der Waals surface area (Å²) in [5.41, 5.74) is 0.459. The highest BCUT2D eigenvalue weighted by atomic mass is 35.5. The summed E-state index contributed by atoms with van der Waals surface area (Å²) in [5, 5.41) is 14.5. The van der Waals surface area contributed by atoms with Gasteiger partial charge in [-0.25, -0.2) is 9.59 Å². The van der Waals surface area contributed by atoms with Crippen LogP contribution in [0.5, 0.6) is 5.75 Å². The molecule has 0 saturated carbocycles. The molecule has 0 unspecified atom stereocenters. The van der Waals surface area contributed by atoms with Crippen molar-refractivity contribution in [2.24, 2.45) is 0 Å². The number of rotatable bonds is 4. The van der Waals surface area contributed by atoms with Gasteiger partial charge in [0.25, 0.3) is 0 Å². The number of carbonyl (C=O) groups is 2. The number of amides is 2. The van der Waals surface area contributed by atoms with E-state index >= 15 is 0 Å². The predicted octanol–water partition coefficient (Wildman–Crippen LogP) is 1.94. The lowest BCUT2D eigenvalue weighted by Gasteiger charge is -2.21. The molecule has 0 fully saturated rings. The summed E-state index contributed by atoms with van der Waals surface area (Å²) < 4.78 is 5.53. The van der Waals surface area contributed by atoms with Gasteiger partial charge >= 0.3 is 12.0 Å². The lowest BCUT2D eigenvalue weighted by molar-refractivity contribution is -0.142. The third-order valence-electron chi connectivity index (χ3n) is 3.23. The van der Waals surface area contributed by atoms with Crippen LogP contribution in [0.4, 0.5) is 4.79 Å². The van der Waals surface area contributed by atoms with Crippen molar-refractivity contribution in [2.45, 2.75) is 32.4 Å². The largest absolute Gasteiger partial charge is 0.493 e. The first-order valence-electron chi connectivity index (χ1n) is 6.53. The van der Waals surface area contributed by atoms with Crippen LogP contribution < -0.4 is 15.4 Å². The minimum Gasteiger partial charge on any atom is -0.493 e. The molecule has 1 aliphatic heterocycles. The van der Waals surface area contributed by atoms with Gasteiger partial charge in [-0.2, -0.15) is 0 Å². The van der Waals surface area contributed by atoms with Gasteiger partial charge in [0.05, 0.1) is 6.61 Å². The highest BCUT2D eigenvalue weighted by Gasteiger charge is 2.29. The van der Waals surface area contributed by atoms with Gasteiger partial charge < -0.3 is 20.5 Å².